The largest absolute Gasteiger partial charge is 0.573 e. The maximum absolute atomic E-state index is 11.9. The van der Waals surface area contributed by atoms with Crippen LogP contribution in [0.1, 0.15) is 0 Å². The van der Waals surface area contributed by atoms with Crippen molar-refractivity contribution in [3.05, 3.63) is 24.3 Å². The van der Waals surface area contributed by atoms with Crippen LogP contribution in [0.4, 0.5) is 18.9 Å². The van der Waals surface area contributed by atoms with Gasteiger partial charge in [0.1, 0.15) is 5.75 Å². The SMILES string of the molecule is O=S(=O)(CCO)Nc1cccc(OC(F)(F)F)c1. The lowest BCUT2D eigenvalue weighted by Gasteiger charge is -2.11. The van der Waals surface area contributed by atoms with Crippen LogP contribution < -0.4 is 9.46 Å². The normalized spacial score (nSPS) is 12.2. The quantitative estimate of drug-likeness (QED) is 0.855. The molecule has 102 valence electrons. The van der Waals surface area contributed by atoms with Gasteiger partial charge in [-0.15, -0.1) is 13.2 Å². The fraction of sp³-hybridized carbons (Fsp3) is 0.333. The van der Waals surface area contributed by atoms with Crippen molar-refractivity contribution in [1.29, 1.82) is 0 Å². The Morgan fingerprint density at radius 3 is 2.56 bits per heavy atom. The fourth-order valence-electron chi connectivity index (χ4n) is 1.11. The maximum atomic E-state index is 11.9. The third-order valence-corrected chi connectivity index (χ3v) is 2.97. The van der Waals surface area contributed by atoms with Gasteiger partial charge >= 0.3 is 6.36 Å². The lowest BCUT2D eigenvalue weighted by molar-refractivity contribution is -0.274. The fourth-order valence-corrected chi connectivity index (χ4v) is 1.94. The average Bonchev–Trinajstić information content (AvgIpc) is 2.13. The van der Waals surface area contributed by atoms with E-state index in [-0.39, 0.29) is 5.69 Å². The van der Waals surface area contributed by atoms with Crippen molar-refractivity contribution in [1.82, 2.24) is 0 Å². The van der Waals surface area contributed by atoms with Crippen LogP contribution in [-0.4, -0.2) is 32.2 Å². The summed E-state index contributed by atoms with van der Waals surface area (Å²) in [5, 5.41) is 8.49. The molecule has 0 bridgehead atoms. The van der Waals surface area contributed by atoms with Crippen LogP contribution in [0, 0.1) is 0 Å². The topological polar surface area (TPSA) is 75.6 Å². The molecule has 0 saturated heterocycles. The van der Waals surface area contributed by atoms with Crippen molar-refractivity contribution in [3.63, 3.8) is 0 Å². The van der Waals surface area contributed by atoms with Crippen LogP contribution in [0.5, 0.6) is 5.75 Å². The minimum absolute atomic E-state index is 0.0785. The second-order valence-corrected chi connectivity index (χ2v) is 5.06. The number of rotatable bonds is 5. The molecule has 0 aliphatic heterocycles. The summed E-state index contributed by atoms with van der Waals surface area (Å²) >= 11 is 0. The lowest BCUT2D eigenvalue weighted by atomic mass is 10.3. The maximum Gasteiger partial charge on any atom is 0.573 e. The van der Waals surface area contributed by atoms with Crippen molar-refractivity contribution in [2.45, 2.75) is 6.36 Å². The van der Waals surface area contributed by atoms with Crippen LogP contribution in [0.25, 0.3) is 0 Å². The lowest BCUT2D eigenvalue weighted by Crippen LogP contribution is -2.19. The third kappa shape index (κ3) is 5.23. The Morgan fingerprint density at radius 1 is 1.33 bits per heavy atom. The molecule has 0 unspecified atom stereocenters. The second-order valence-electron chi connectivity index (χ2n) is 3.22. The Bertz CT molecular complexity index is 501. The highest BCUT2D eigenvalue weighted by Gasteiger charge is 2.31. The number of nitrogens with one attached hydrogen (secondary N) is 1. The number of aliphatic hydroxyl groups is 1. The number of sulfonamides is 1. The van der Waals surface area contributed by atoms with Gasteiger partial charge in [0.2, 0.25) is 10.0 Å². The van der Waals surface area contributed by atoms with Gasteiger partial charge in [-0.1, -0.05) is 6.07 Å². The van der Waals surface area contributed by atoms with Gasteiger partial charge in [0.25, 0.3) is 0 Å². The zero-order chi connectivity index (χ0) is 13.8. The molecule has 0 aromatic heterocycles. The monoisotopic (exact) mass is 285 g/mol. The molecule has 2 N–H and O–H groups in total. The smallest absolute Gasteiger partial charge is 0.406 e. The average molecular weight is 285 g/mol. The molecule has 0 aliphatic rings. The number of ether oxygens (including phenoxy) is 1. The van der Waals surface area contributed by atoms with Gasteiger partial charge in [-0.2, -0.15) is 0 Å². The Hall–Kier alpha value is -1.48. The van der Waals surface area contributed by atoms with E-state index in [1.807, 2.05) is 4.72 Å². The van der Waals surface area contributed by atoms with E-state index in [4.69, 9.17) is 5.11 Å². The van der Waals surface area contributed by atoms with E-state index in [1.54, 1.807) is 0 Å². The van der Waals surface area contributed by atoms with Crippen molar-refractivity contribution in [3.8, 4) is 5.75 Å². The van der Waals surface area contributed by atoms with Gasteiger partial charge in [-0.25, -0.2) is 8.42 Å². The predicted molar refractivity (Wildman–Crippen MR) is 57.6 cm³/mol. The predicted octanol–water partition coefficient (Wildman–Crippen LogP) is 1.32. The number of hydrogen-bond donors (Lipinski definition) is 2. The van der Waals surface area contributed by atoms with E-state index in [0.29, 0.717) is 0 Å². The molecule has 0 saturated carbocycles. The van der Waals surface area contributed by atoms with Crippen molar-refractivity contribution in [2.24, 2.45) is 0 Å². The van der Waals surface area contributed by atoms with Crippen molar-refractivity contribution >= 4 is 15.7 Å². The summed E-state index contributed by atoms with van der Waals surface area (Å²) in [6, 6.07) is 4.40. The van der Waals surface area contributed by atoms with Crippen LogP contribution in [-0.2, 0) is 10.0 Å². The van der Waals surface area contributed by atoms with Crippen LogP contribution in [0.15, 0.2) is 24.3 Å². The van der Waals surface area contributed by atoms with E-state index in [0.717, 1.165) is 12.1 Å². The van der Waals surface area contributed by atoms with E-state index in [1.165, 1.54) is 12.1 Å². The summed E-state index contributed by atoms with van der Waals surface area (Å²) in [5.41, 5.74) is -0.0785. The standard InChI is InChI=1S/C9H10F3NO4S/c10-9(11,12)17-8-3-1-2-7(6-8)13-18(15,16)5-4-14/h1-3,6,13-14H,4-5H2. The number of halogens is 3. The van der Waals surface area contributed by atoms with Gasteiger partial charge in [-0.3, -0.25) is 4.72 Å². The number of aliphatic hydroxyl groups excluding tert-OH is 1. The number of anilines is 1. The highest BCUT2D eigenvalue weighted by atomic mass is 32.2. The van der Waals surface area contributed by atoms with Gasteiger partial charge in [0, 0.05) is 6.07 Å². The van der Waals surface area contributed by atoms with Gasteiger partial charge in [-0.05, 0) is 12.1 Å². The summed E-state index contributed by atoms with van der Waals surface area (Å²) in [7, 11) is -3.78. The number of benzene rings is 1. The van der Waals surface area contributed by atoms with Gasteiger partial charge < -0.3 is 9.84 Å². The van der Waals surface area contributed by atoms with Crippen molar-refractivity contribution in [2.75, 3.05) is 17.1 Å². The summed E-state index contributed by atoms with van der Waals surface area (Å²) in [5.74, 6) is -1.08. The Morgan fingerprint density at radius 2 is 2.00 bits per heavy atom. The second kappa shape index (κ2) is 5.44. The molecular formula is C9H10F3NO4S. The molecule has 9 heteroatoms. The molecule has 5 nitrogen and oxygen atoms in total. The van der Waals surface area contributed by atoms with E-state index in [9.17, 15) is 21.6 Å². The molecule has 18 heavy (non-hydrogen) atoms. The Kier molecular flexibility index (Phi) is 4.41. The number of alkyl halides is 3. The van der Waals surface area contributed by atoms with E-state index < -0.39 is 34.5 Å². The Balaban J connectivity index is 2.83. The summed E-state index contributed by atoms with van der Waals surface area (Å²) in [6.45, 7) is -0.589. The molecule has 1 aromatic carbocycles. The molecule has 0 heterocycles. The first-order chi connectivity index (χ1) is 8.22. The van der Waals surface area contributed by atoms with Crippen molar-refractivity contribution < 1.29 is 31.4 Å². The Labute approximate surface area is 101 Å². The van der Waals surface area contributed by atoms with Crippen LogP contribution in [0.3, 0.4) is 0 Å². The van der Waals surface area contributed by atoms with Gasteiger partial charge in [0.05, 0.1) is 18.0 Å². The molecule has 0 fully saturated rings. The minimum atomic E-state index is -4.84. The van der Waals surface area contributed by atoms with Crippen LogP contribution >= 0.6 is 0 Å². The first-order valence-electron chi connectivity index (χ1n) is 4.69. The summed E-state index contributed by atoms with van der Waals surface area (Å²) < 4.78 is 64.0. The van der Waals surface area contributed by atoms with E-state index in [2.05, 4.69) is 4.74 Å². The minimum Gasteiger partial charge on any atom is -0.406 e. The first-order valence-corrected chi connectivity index (χ1v) is 6.34. The summed E-state index contributed by atoms with van der Waals surface area (Å²) in [4.78, 5) is 0. The van der Waals surface area contributed by atoms with E-state index >= 15 is 0 Å². The zero-order valence-electron chi connectivity index (χ0n) is 8.94. The van der Waals surface area contributed by atoms with Gasteiger partial charge in [0.15, 0.2) is 0 Å². The first kappa shape index (κ1) is 14.6. The molecule has 0 radical (unpaired) electrons. The molecule has 0 aliphatic carbocycles. The highest BCUT2D eigenvalue weighted by molar-refractivity contribution is 7.92. The molecule has 0 spiro atoms. The van der Waals surface area contributed by atoms with Crippen LogP contribution in [0.2, 0.25) is 0 Å². The zero-order valence-corrected chi connectivity index (χ0v) is 9.75. The molecule has 1 rings (SSSR count). The molecule has 0 amide bonds. The summed E-state index contributed by atoms with van der Waals surface area (Å²) in [6.07, 6.45) is -4.84. The highest BCUT2D eigenvalue weighted by Crippen LogP contribution is 2.25. The number of hydrogen-bond acceptors (Lipinski definition) is 4. The molecule has 0 atom stereocenters. The molecule has 1 aromatic rings. The third-order valence-electron chi connectivity index (χ3n) is 1.70. The molecular weight excluding hydrogens is 275 g/mol.